The van der Waals surface area contributed by atoms with Crippen LogP contribution in [-0.4, -0.2) is 41.8 Å². The van der Waals surface area contributed by atoms with E-state index in [4.69, 9.17) is 9.47 Å². The number of hydrogen-bond donors (Lipinski definition) is 1. The number of nitrogens with zero attached hydrogens (tertiary/aromatic N) is 2. The van der Waals surface area contributed by atoms with Crippen LogP contribution in [-0.2, 0) is 11.2 Å². The molecule has 2 aromatic rings. The molecule has 134 valence electrons. The van der Waals surface area contributed by atoms with Crippen LogP contribution in [0.2, 0.25) is 0 Å². The molecule has 1 atom stereocenters. The van der Waals surface area contributed by atoms with Crippen molar-refractivity contribution >= 4 is 5.91 Å². The quantitative estimate of drug-likeness (QED) is 0.906. The summed E-state index contributed by atoms with van der Waals surface area (Å²) in [4.78, 5) is 14.9. The van der Waals surface area contributed by atoms with Crippen LogP contribution in [0.3, 0.4) is 0 Å². The number of carbonyl (C=O) groups excluding carboxylic acids is 1. The molecule has 25 heavy (non-hydrogen) atoms. The molecule has 0 aliphatic carbocycles. The Morgan fingerprint density at radius 1 is 1.32 bits per heavy atom. The van der Waals surface area contributed by atoms with Gasteiger partial charge in [-0.2, -0.15) is 5.10 Å². The lowest BCUT2D eigenvalue weighted by Crippen LogP contribution is -2.32. The molecule has 1 fully saturated rings. The van der Waals surface area contributed by atoms with Crippen LogP contribution in [0, 0.1) is 13.8 Å². The zero-order valence-electron chi connectivity index (χ0n) is 15.3. The largest absolute Gasteiger partial charge is 0.497 e. The second-order valence-corrected chi connectivity index (χ2v) is 6.44. The molecule has 1 amide bonds. The molecule has 0 unspecified atom stereocenters. The summed E-state index contributed by atoms with van der Waals surface area (Å²) >= 11 is 0. The Labute approximate surface area is 148 Å². The Kier molecular flexibility index (Phi) is 4.97. The lowest BCUT2D eigenvalue weighted by molar-refractivity contribution is -0.131. The Bertz CT molecular complexity index is 750. The molecule has 1 aliphatic heterocycles. The van der Waals surface area contributed by atoms with E-state index in [1.165, 1.54) is 0 Å². The highest BCUT2D eigenvalue weighted by molar-refractivity contribution is 5.80. The molecule has 2 heterocycles. The fourth-order valence-electron chi connectivity index (χ4n) is 3.57. The van der Waals surface area contributed by atoms with Crippen LogP contribution in [0.4, 0.5) is 0 Å². The monoisotopic (exact) mass is 343 g/mol. The molecule has 3 rings (SSSR count). The Morgan fingerprint density at radius 2 is 2.12 bits per heavy atom. The summed E-state index contributed by atoms with van der Waals surface area (Å²) < 4.78 is 10.8. The van der Waals surface area contributed by atoms with Gasteiger partial charge in [-0.05, 0) is 38.8 Å². The van der Waals surface area contributed by atoms with Crippen LogP contribution in [0.5, 0.6) is 11.5 Å². The van der Waals surface area contributed by atoms with Crippen LogP contribution >= 0.6 is 0 Å². The van der Waals surface area contributed by atoms with Gasteiger partial charge in [0, 0.05) is 29.4 Å². The van der Waals surface area contributed by atoms with E-state index in [2.05, 4.69) is 10.2 Å². The number of aromatic amines is 1. The predicted octanol–water partition coefficient (Wildman–Crippen LogP) is 2.95. The number of amides is 1. The van der Waals surface area contributed by atoms with Gasteiger partial charge in [0.15, 0.2) is 0 Å². The van der Waals surface area contributed by atoms with Gasteiger partial charge in [0.25, 0.3) is 0 Å². The van der Waals surface area contributed by atoms with E-state index in [0.29, 0.717) is 6.42 Å². The third-order valence-corrected chi connectivity index (χ3v) is 4.98. The maximum atomic E-state index is 12.9. The molecule has 0 radical (unpaired) electrons. The molecule has 1 aromatic heterocycles. The molecule has 0 bridgehead atoms. The maximum Gasteiger partial charge on any atom is 0.227 e. The van der Waals surface area contributed by atoms with Gasteiger partial charge in [-0.3, -0.25) is 9.89 Å². The third kappa shape index (κ3) is 3.34. The van der Waals surface area contributed by atoms with Gasteiger partial charge >= 0.3 is 0 Å². The van der Waals surface area contributed by atoms with Gasteiger partial charge in [-0.1, -0.05) is 0 Å². The van der Waals surface area contributed by atoms with E-state index in [-0.39, 0.29) is 11.9 Å². The molecule has 1 saturated heterocycles. The van der Waals surface area contributed by atoms with Crippen molar-refractivity contribution in [3.8, 4) is 11.5 Å². The number of aromatic nitrogens is 2. The highest BCUT2D eigenvalue weighted by atomic mass is 16.5. The summed E-state index contributed by atoms with van der Waals surface area (Å²) in [5.41, 5.74) is 3.89. The first kappa shape index (κ1) is 17.3. The first-order valence-corrected chi connectivity index (χ1v) is 8.57. The zero-order chi connectivity index (χ0) is 18.0. The minimum absolute atomic E-state index is 0.0425. The van der Waals surface area contributed by atoms with Crippen molar-refractivity contribution in [3.05, 3.63) is 40.7 Å². The highest BCUT2D eigenvalue weighted by Gasteiger charge is 2.32. The van der Waals surface area contributed by atoms with E-state index < -0.39 is 0 Å². The van der Waals surface area contributed by atoms with Crippen molar-refractivity contribution in [2.45, 2.75) is 39.2 Å². The first-order valence-electron chi connectivity index (χ1n) is 8.57. The minimum Gasteiger partial charge on any atom is -0.497 e. The topological polar surface area (TPSA) is 67.5 Å². The summed E-state index contributed by atoms with van der Waals surface area (Å²) in [7, 11) is 3.28. The van der Waals surface area contributed by atoms with Crippen LogP contribution in [0.1, 0.15) is 41.4 Å². The third-order valence-electron chi connectivity index (χ3n) is 4.98. The van der Waals surface area contributed by atoms with Gasteiger partial charge in [-0.15, -0.1) is 0 Å². The van der Waals surface area contributed by atoms with Crippen molar-refractivity contribution in [2.75, 3.05) is 20.8 Å². The highest BCUT2D eigenvalue weighted by Crippen LogP contribution is 2.39. The van der Waals surface area contributed by atoms with Gasteiger partial charge in [0.1, 0.15) is 11.5 Å². The number of likely N-dealkylation sites (tertiary alicyclic amines) is 1. The number of ether oxygens (including phenoxy) is 2. The van der Waals surface area contributed by atoms with Crippen molar-refractivity contribution in [2.24, 2.45) is 0 Å². The fourth-order valence-corrected chi connectivity index (χ4v) is 3.57. The average molecular weight is 343 g/mol. The average Bonchev–Trinajstić information content (AvgIpc) is 3.23. The number of nitrogens with one attached hydrogen (secondary N) is 1. The lowest BCUT2D eigenvalue weighted by atomic mass is 10.0. The van der Waals surface area contributed by atoms with Gasteiger partial charge in [-0.25, -0.2) is 0 Å². The summed E-state index contributed by atoms with van der Waals surface area (Å²) in [6.45, 7) is 4.66. The summed E-state index contributed by atoms with van der Waals surface area (Å²) in [5, 5.41) is 7.14. The Balaban J connectivity index is 1.84. The van der Waals surface area contributed by atoms with E-state index in [1.807, 2.05) is 36.9 Å². The fraction of sp³-hybridized carbons (Fsp3) is 0.474. The zero-order valence-corrected chi connectivity index (χ0v) is 15.3. The van der Waals surface area contributed by atoms with Crippen LogP contribution in [0.25, 0.3) is 0 Å². The molecular weight excluding hydrogens is 318 g/mol. The van der Waals surface area contributed by atoms with Gasteiger partial charge in [0.05, 0.1) is 32.4 Å². The van der Waals surface area contributed by atoms with Crippen molar-refractivity contribution in [3.63, 3.8) is 0 Å². The number of carbonyl (C=O) groups is 1. The number of aryl methyl sites for hydroxylation is 2. The number of hydrogen-bond acceptors (Lipinski definition) is 4. The van der Waals surface area contributed by atoms with Gasteiger partial charge < -0.3 is 14.4 Å². The molecule has 6 nitrogen and oxygen atoms in total. The van der Waals surface area contributed by atoms with E-state index >= 15 is 0 Å². The standard InChI is InChI=1S/C19H25N3O3/c1-12-16(13(2)21-20-12)11-19(23)22-9-5-6-17(22)15-8-7-14(24-3)10-18(15)25-4/h7-8,10,17H,5-6,9,11H2,1-4H3,(H,20,21)/t17-/m0/s1. The summed E-state index contributed by atoms with van der Waals surface area (Å²) in [5.74, 6) is 1.65. The summed E-state index contributed by atoms with van der Waals surface area (Å²) in [6.07, 6.45) is 2.32. The van der Waals surface area contributed by atoms with Crippen LogP contribution < -0.4 is 9.47 Å². The maximum absolute atomic E-state index is 12.9. The molecule has 0 saturated carbocycles. The Morgan fingerprint density at radius 3 is 2.76 bits per heavy atom. The number of rotatable bonds is 5. The second kappa shape index (κ2) is 7.17. The van der Waals surface area contributed by atoms with Crippen molar-refractivity contribution in [1.29, 1.82) is 0 Å². The normalized spacial score (nSPS) is 17.0. The molecular formula is C19H25N3O3. The number of methoxy groups -OCH3 is 2. The van der Waals surface area contributed by atoms with Crippen molar-refractivity contribution in [1.82, 2.24) is 15.1 Å². The van der Waals surface area contributed by atoms with E-state index in [1.54, 1.807) is 14.2 Å². The SMILES string of the molecule is COc1ccc([C@@H]2CCCN2C(=O)Cc2c(C)n[nH]c2C)c(OC)c1. The molecule has 1 aliphatic rings. The lowest BCUT2D eigenvalue weighted by Gasteiger charge is -2.26. The minimum atomic E-state index is 0.0425. The predicted molar refractivity (Wildman–Crippen MR) is 95.0 cm³/mol. The summed E-state index contributed by atoms with van der Waals surface area (Å²) in [6, 6.07) is 5.84. The molecule has 6 heteroatoms. The smallest absolute Gasteiger partial charge is 0.227 e. The Hall–Kier alpha value is -2.50. The second-order valence-electron chi connectivity index (χ2n) is 6.44. The van der Waals surface area contributed by atoms with E-state index in [0.717, 1.165) is 53.4 Å². The van der Waals surface area contributed by atoms with Crippen molar-refractivity contribution < 1.29 is 14.3 Å². The van der Waals surface area contributed by atoms with E-state index in [9.17, 15) is 4.79 Å². The first-order chi connectivity index (χ1) is 12.0. The number of H-pyrrole nitrogens is 1. The molecule has 1 aromatic carbocycles. The number of benzene rings is 1. The van der Waals surface area contributed by atoms with Gasteiger partial charge in [0.2, 0.25) is 5.91 Å². The molecule has 1 N–H and O–H groups in total. The molecule has 0 spiro atoms. The van der Waals surface area contributed by atoms with Crippen LogP contribution in [0.15, 0.2) is 18.2 Å².